The molecule has 1 unspecified atom stereocenters. The van der Waals surface area contributed by atoms with Gasteiger partial charge in [-0.15, -0.1) is 0 Å². The molecule has 0 radical (unpaired) electrons. The third kappa shape index (κ3) is 6.30. The molecule has 122 valence electrons. The fraction of sp³-hybridized carbons (Fsp3) is 0.588. The molecule has 1 aromatic rings. The number of benzene rings is 1. The molecular formula is C17H28N3OS+. The first kappa shape index (κ1) is 17.2. The number of hydrogen-bond acceptors (Lipinski definition) is 2. The van der Waals surface area contributed by atoms with Gasteiger partial charge in [-0.1, -0.05) is 44.2 Å². The van der Waals surface area contributed by atoms with Crippen LogP contribution in [0.2, 0.25) is 0 Å². The summed E-state index contributed by atoms with van der Waals surface area (Å²) in [6.07, 6.45) is 0.249. The zero-order valence-electron chi connectivity index (χ0n) is 13.6. The molecule has 0 saturated carbocycles. The van der Waals surface area contributed by atoms with Crippen LogP contribution in [-0.4, -0.2) is 44.0 Å². The molecule has 3 N–H and O–H groups in total. The van der Waals surface area contributed by atoms with Gasteiger partial charge in [0.15, 0.2) is 5.11 Å². The second-order valence-electron chi connectivity index (χ2n) is 6.34. The Bertz CT molecular complexity index is 452. The summed E-state index contributed by atoms with van der Waals surface area (Å²) in [6, 6.07) is 10.3. The summed E-state index contributed by atoms with van der Waals surface area (Å²) in [5.41, 5.74) is 1.23. The molecule has 2 atom stereocenters. The standard InChI is InChI=1S/C17H27N3OS/c1-14(2)12-20-8-9-21-16(13-20)11-19-17(22)18-10-15-6-4-3-5-7-15/h3-7,14,16H,8-13H2,1-2H3,(H2,18,19,22)/p+1/t16-/m0/s1. The fourth-order valence-electron chi connectivity index (χ4n) is 2.79. The smallest absolute Gasteiger partial charge is 0.166 e. The van der Waals surface area contributed by atoms with E-state index in [0.717, 1.165) is 38.7 Å². The van der Waals surface area contributed by atoms with Crippen molar-refractivity contribution in [2.24, 2.45) is 5.92 Å². The third-order valence-corrected chi connectivity index (χ3v) is 4.10. The van der Waals surface area contributed by atoms with Gasteiger partial charge >= 0.3 is 0 Å². The summed E-state index contributed by atoms with van der Waals surface area (Å²) >= 11 is 5.34. The maximum atomic E-state index is 5.83. The van der Waals surface area contributed by atoms with Crippen LogP contribution < -0.4 is 15.5 Å². The number of ether oxygens (including phenoxy) is 1. The molecule has 4 nitrogen and oxygen atoms in total. The van der Waals surface area contributed by atoms with Crippen LogP contribution in [0.15, 0.2) is 30.3 Å². The first-order valence-corrected chi connectivity index (χ1v) is 8.55. The minimum Gasteiger partial charge on any atom is -0.365 e. The van der Waals surface area contributed by atoms with Gasteiger partial charge in [0.05, 0.1) is 13.2 Å². The highest BCUT2D eigenvalue weighted by molar-refractivity contribution is 7.80. The monoisotopic (exact) mass is 322 g/mol. The maximum absolute atomic E-state index is 5.83. The number of nitrogens with one attached hydrogen (secondary N) is 3. The summed E-state index contributed by atoms with van der Waals surface area (Å²) in [5.74, 6) is 0.732. The molecule has 5 heteroatoms. The average Bonchev–Trinajstić information content (AvgIpc) is 2.52. The van der Waals surface area contributed by atoms with Crippen molar-refractivity contribution < 1.29 is 9.64 Å². The van der Waals surface area contributed by atoms with Gasteiger partial charge in [0.25, 0.3) is 0 Å². The molecule has 1 fully saturated rings. The summed E-state index contributed by atoms with van der Waals surface area (Å²) in [6.45, 7) is 10.3. The minimum absolute atomic E-state index is 0.249. The van der Waals surface area contributed by atoms with Crippen LogP contribution in [0.25, 0.3) is 0 Å². The fourth-order valence-corrected chi connectivity index (χ4v) is 2.95. The molecule has 1 saturated heterocycles. The van der Waals surface area contributed by atoms with Crippen molar-refractivity contribution in [3.05, 3.63) is 35.9 Å². The van der Waals surface area contributed by atoms with E-state index in [0.29, 0.717) is 5.11 Å². The first-order valence-electron chi connectivity index (χ1n) is 8.14. The number of quaternary nitrogens is 1. The zero-order chi connectivity index (χ0) is 15.8. The highest BCUT2D eigenvalue weighted by Gasteiger charge is 2.24. The van der Waals surface area contributed by atoms with Crippen molar-refractivity contribution >= 4 is 17.3 Å². The van der Waals surface area contributed by atoms with Gasteiger partial charge in [-0.25, -0.2) is 0 Å². The van der Waals surface area contributed by atoms with Crippen LogP contribution in [-0.2, 0) is 11.3 Å². The Kier molecular flexibility index (Phi) is 7.09. The van der Waals surface area contributed by atoms with Crippen LogP contribution in [0.3, 0.4) is 0 Å². The van der Waals surface area contributed by atoms with Crippen LogP contribution in [0.5, 0.6) is 0 Å². The van der Waals surface area contributed by atoms with Gasteiger partial charge in [-0.3, -0.25) is 0 Å². The van der Waals surface area contributed by atoms with Crippen LogP contribution in [0.1, 0.15) is 19.4 Å². The van der Waals surface area contributed by atoms with Crippen molar-refractivity contribution in [3.63, 3.8) is 0 Å². The molecule has 1 aliphatic heterocycles. The van der Waals surface area contributed by atoms with Crippen molar-refractivity contribution in [1.82, 2.24) is 10.6 Å². The maximum Gasteiger partial charge on any atom is 0.166 e. The molecule has 1 aliphatic rings. The van der Waals surface area contributed by atoms with Gasteiger partial charge in [-0.2, -0.15) is 0 Å². The van der Waals surface area contributed by atoms with Gasteiger partial charge in [0, 0.05) is 19.0 Å². The summed E-state index contributed by atoms with van der Waals surface area (Å²) in [4.78, 5) is 1.64. The topological polar surface area (TPSA) is 37.7 Å². The Morgan fingerprint density at radius 1 is 1.32 bits per heavy atom. The third-order valence-electron chi connectivity index (χ3n) is 3.81. The molecule has 2 rings (SSSR count). The summed E-state index contributed by atoms with van der Waals surface area (Å²) in [5, 5.41) is 7.22. The molecule has 0 aromatic heterocycles. The lowest BCUT2D eigenvalue weighted by atomic mass is 10.2. The highest BCUT2D eigenvalue weighted by atomic mass is 32.1. The van der Waals surface area contributed by atoms with Crippen molar-refractivity contribution in [1.29, 1.82) is 0 Å². The normalized spacial score (nSPS) is 21.6. The van der Waals surface area contributed by atoms with Crippen molar-refractivity contribution in [2.75, 3.05) is 32.8 Å². The van der Waals surface area contributed by atoms with E-state index < -0.39 is 0 Å². The molecule has 0 aliphatic carbocycles. The van der Waals surface area contributed by atoms with Crippen LogP contribution in [0, 0.1) is 5.92 Å². The lowest BCUT2D eigenvalue weighted by Gasteiger charge is -2.31. The lowest BCUT2D eigenvalue weighted by Crippen LogP contribution is -3.15. The predicted octanol–water partition coefficient (Wildman–Crippen LogP) is 0.590. The molecular weight excluding hydrogens is 294 g/mol. The first-order chi connectivity index (χ1) is 10.6. The van der Waals surface area contributed by atoms with Crippen molar-refractivity contribution in [3.8, 4) is 0 Å². The number of hydrogen-bond donors (Lipinski definition) is 3. The zero-order valence-corrected chi connectivity index (χ0v) is 14.4. The van der Waals surface area contributed by atoms with Gasteiger partial charge < -0.3 is 20.3 Å². The Morgan fingerprint density at radius 3 is 2.82 bits per heavy atom. The molecule has 0 amide bonds. The van der Waals surface area contributed by atoms with Gasteiger partial charge in [0.1, 0.15) is 19.2 Å². The second kappa shape index (κ2) is 9.08. The van der Waals surface area contributed by atoms with E-state index in [4.69, 9.17) is 17.0 Å². The van der Waals surface area contributed by atoms with E-state index >= 15 is 0 Å². The Labute approximate surface area is 139 Å². The van der Waals surface area contributed by atoms with E-state index in [1.165, 1.54) is 12.1 Å². The molecule has 0 spiro atoms. The summed E-state index contributed by atoms with van der Waals surface area (Å²) in [7, 11) is 0. The highest BCUT2D eigenvalue weighted by Crippen LogP contribution is 1.97. The molecule has 0 bridgehead atoms. The Hall–Kier alpha value is -1.17. The van der Waals surface area contributed by atoms with Crippen LogP contribution in [0.4, 0.5) is 0 Å². The van der Waals surface area contributed by atoms with E-state index in [1.54, 1.807) is 4.90 Å². The van der Waals surface area contributed by atoms with E-state index in [2.05, 4.69) is 36.6 Å². The Balaban J connectivity index is 1.65. The number of rotatable bonds is 6. The van der Waals surface area contributed by atoms with E-state index in [9.17, 15) is 0 Å². The number of thiocarbonyl (C=S) groups is 1. The predicted molar refractivity (Wildman–Crippen MR) is 94.0 cm³/mol. The lowest BCUT2D eigenvalue weighted by molar-refractivity contribution is -0.914. The van der Waals surface area contributed by atoms with Crippen molar-refractivity contribution in [2.45, 2.75) is 26.5 Å². The SMILES string of the molecule is CC(C)C[NH+]1CCO[C@@H](CNC(=S)NCc2ccccc2)C1. The van der Waals surface area contributed by atoms with E-state index in [-0.39, 0.29) is 6.10 Å². The summed E-state index contributed by atoms with van der Waals surface area (Å²) < 4.78 is 5.83. The molecule has 22 heavy (non-hydrogen) atoms. The van der Waals surface area contributed by atoms with Gasteiger partial charge in [0.2, 0.25) is 0 Å². The number of morpholine rings is 1. The average molecular weight is 322 g/mol. The van der Waals surface area contributed by atoms with Crippen LogP contribution >= 0.6 is 12.2 Å². The largest absolute Gasteiger partial charge is 0.365 e. The van der Waals surface area contributed by atoms with E-state index in [1.807, 2.05) is 18.2 Å². The second-order valence-corrected chi connectivity index (χ2v) is 6.75. The molecule has 1 heterocycles. The Morgan fingerprint density at radius 2 is 2.09 bits per heavy atom. The van der Waals surface area contributed by atoms with Gasteiger partial charge in [-0.05, 0) is 17.8 Å². The molecule has 1 aromatic carbocycles. The quantitative estimate of drug-likeness (QED) is 0.670. The minimum atomic E-state index is 0.249.